The molecule has 0 bridgehead atoms. The van der Waals surface area contributed by atoms with Gasteiger partial charge in [0, 0.05) is 0 Å². The molecule has 0 aromatic rings. The fraction of sp³-hybridized carbons (Fsp3) is 0.750. The van der Waals surface area contributed by atoms with E-state index in [1.165, 1.54) is 32.4 Å². The summed E-state index contributed by atoms with van der Waals surface area (Å²) in [7, 11) is 2.19. The number of carbonyl (C=O) groups excluding carboxylic acids is 1. The van der Waals surface area contributed by atoms with Gasteiger partial charge < -0.3 is 22.2 Å². The quantitative estimate of drug-likeness (QED) is 0.461. The van der Waals surface area contributed by atoms with Crippen molar-refractivity contribution < 1.29 is 4.79 Å². The zero-order valence-electron chi connectivity index (χ0n) is 8.66. The van der Waals surface area contributed by atoms with E-state index in [1.54, 1.807) is 0 Å². The molecule has 1 rings (SSSR count). The molecule has 14 heavy (non-hydrogen) atoms. The molecule has 1 saturated heterocycles. The summed E-state index contributed by atoms with van der Waals surface area (Å²) < 4.78 is 0. The largest absolute Gasteiger partial charge is 0.360 e. The average Bonchev–Trinajstić information content (AvgIpc) is 2.06. The molecule has 84 valence electrons. The highest BCUT2D eigenvalue weighted by Crippen LogP contribution is 2.04. The summed E-state index contributed by atoms with van der Waals surface area (Å²) in [4.78, 5) is 12.0. The molecule has 6 heteroatoms. The fourth-order valence-electron chi connectivity index (χ4n) is 1.11. The number of rotatable bonds is 1. The van der Waals surface area contributed by atoms with Gasteiger partial charge in [0.1, 0.15) is 0 Å². The van der Waals surface area contributed by atoms with E-state index in [0.717, 1.165) is 5.55 Å². The number of nitrogens with two attached hydrogens (primary N) is 1. The van der Waals surface area contributed by atoms with Crippen molar-refractivity contribution >= 4 is 22.5 Å². The number of thioether (sulfide) groups is 1. The highest BCUT2D eigenvalue weighted by atomic mass is 32.2. The SMILES string of the molecule is CN1CCCCC1.N.N=CSC(N)=O. The van der Waals surface area contributed by atoms with Crippen LogP contribution in [-0.2, 0) is 0 Å². The van der Waals surface area contributed by atoms with E-state index in [1.807, 2.05) is 0 Å². The molecule has 1 heterocycles. The van der Waals surface area contributed by atoms with Crippen LogP contribution in [0.2, 0.25) is 0 Å². The number of carbonyl (C=O) groups is 1. The van der Waals surface area contributed by atoms with Gasteiger partial charge in [0.15, 0.2) is 0 Å². The van der Waals surface area contributed by atoms with Gasteiger partial charge in [-0.25, -0.2) is 0 Å². The predicted octanol–water partition coefficient (Wildman–Crippen LogP) is 1.67. The maximum atomic E-state index is 9.63. The third-order valence-corrected chi connectivity index (χ3v) is 2.10. The highest BCUT2D eigenvalue weighted by Gasteiger charge is 2.02. The number of likely N-dealkylation sites (tertiary alicyclic amines) is 1. The van der Waals surface area contributed by atoms with Crippen LogP contribution in [0.25, 0.3) is 0 Å². The first-order chi connectivity index (χ1) is 6.16. The first kappa shape index (κ1) is 15.9. The summed E-state index contributed by atoms with van der Waals surface area (Å²) >= 11 is 0.667. The number of nitrogens with zero attached hydrogens (tertiary/aromatic N) is 1. The van der Waals surface area contributed by atoms with Gasteiger partial charge >= 0.3 is 0 Å². The Hall–Kier alpha value is -0.590. The van der Waals surface area contributed by atoms with E-state index in [9.17, 15) is 4.79 Å². The number of piperidine rings is 1. The normalized spacial score (nSPS) is 15.8. The highest BCUT2D eigenvalue weighted by molar-refractivity contribution is 8.24. The van der Waals surface area contributed by atoms with E-state index in [-0.39, 0.29) is 6.15 Å². The van der Waals surface area contributed by atoms with Gasteiger partial charge in [0.25, 0.3) is 5.24 Å². The van der Waals surface area contributed by atoms with Crippen LogP contribution in [0.3, 0.4) is 0 Å². The summed E-state index contributed by atoms with van der Waals surface area (Å²) in [5.41, 5.74) is 5.47. The lowest BCUT2D eigenvalue weighted by atomic mass is 10.1. The van der Waals surface area contributed by atoms with E-state index in [0.29, 0.717) is 11.8 Å². The molecule has 1 amide bonds. The molecule has 0 aromatic heterocycles. The molecule has 0 atom stereocenters. The minimum atomic E-state index is -0.537. The first-order valence-corrected chi connectivity index (χ1v) is 5.18. The van der Waals surface area contributed by atoms with Gasteiger partial charge in [-0.05, 0) is 44.7 Å². The Bertz CT molecular complexity index is 159. The van der Waals surface area contributed by atoms with Crippen LogP contribution in [-0.4, -0.2) is 35.8 Å². The van der Waals surface area contributed by atoms with Crippen LogP contribution < -0.4 is 11.9 Å². The van der Waals surface area contributed by atoms with Crippen molar-refractivity contribution in [2.24, 2.45) is 5.73 Å². The van der Waals surface area contributed by atoms with Gasteiger partial charge in [-0.3, -0.25) is 4.79 Å². The molecule has 1 aliphatic heterocycles. The van der Waals surface area contributed by atoms with E-state index < -0.39 is 5.24 Å². The second-order valence-corrected chi connectivity index (χ2v) is 3.79. The second kappa shape index (κ2) is 10.5. The van der Waals surface area contributed by atoms with Crippen molar-refractivity contribution in [1.82, 2.24) is 11.1 Å². The standard InChI is InChI=1S/C6H13N.C2H4N2OS.H3N/c1-7-5-3-2-4-6-7;3-1-6-2(4)5;/h2-6H2,1H3;1,3H,(H2,4,5);1H3. The maximum Gasteiger partial charge on any atom is 0.282 e. The zero-order chi connectivity index (χ0) is 10.1. The lowest BCUT2D eigenvalue weighted by Crippen LogP contribution is -2.24. The molecule has 1 aliphatic rings. The third-order valence-electron chi connectivity index (χ3n) is 1.75. The van der Waals surface area contributed by atoms with Crippen molar-refractivity contribution in [2.75, 3.05) is 20.1 Å². The molecule has 0 radical (unpaired) electrons. The second-order valence-electron chi connectivity index (χ2n) is 2.92. The van der Waals surface area contributed by atoms with Crippen LogP contribution in [0.1, 0.15) is 19.3 Å². The molecule has 0 unspecified atom stereocenters. The van der Waals surface area contributed by atoms with Crippen LogP contribution >= 0.6 is 11.8 Å². The summed E-state index contributed by atoms with van der Waals surface area (Å²) in [6.07, 6.45) is 4.28. The summed E-state index contributed by atoms with van der Waals surface area (Å²) in [5, 5.41) is 5.73. The molecule has 6 N–H and O–H groups in total. The molecule has 1 fully saturated rings. The van der Waals surface area contributed by atoms with Crippen LogP contribution in [0.15, 0.2) is 0 Å². The van der Waals surface area contributed by atoms with Crippen molar-refractivity contribution in [3.05, 3.63) is 0 Å². The van der Waals surface area contributed by atoms with Gasteiger partial charge in [-0.2, -0.15) is 0 Å². The van der Waals surface area contributed by atoms with E-state index >= 15 is 0 Å². The number of amides is 1. The van der Waals surface area contributed by atoms with Crippen LogP contribution in [0.5, 0.6) is 0 Å². The van der Waals surface area contributed by atoms with Gasteiger partial charge in [-0.15, -0.1) is 0 Å². The van der Waals surface area contributed by atoms with Crippen LogP contribution in [0, 0.1) is 5.41 Å². The fourth-order valence-corrected chi connectivity index (χ4v) is 1.23. The number of hydrogen-bond acceptors (Lipinski definition) is 5. The number of hydrogen-bond donors (Lipinski definition) is 3. The lowest BCUT2D eigenvalue weighted by molar-refractivity contribution is 0.267. The van der Waals surface area contributed by atoms with E-state index in [2.05, 4.69) is 17.7 Å². The molecule has 0 saturated carbocycles. The molecular weight excluding hydrogens is 200 g/mol. The monoisotopic (exact) mass is 220 g/mol. The van der Waals surface area contributed by atoms with Crippen molar-refractivity contribution in [3.63, 3.8) is 0 Å². The molecule has 0 spiro atoms. The number of nitrogens with one attached hydrogen (secondary N) is 1. The topological polar surface area (TPSA) is 105 Å². The van der Waals surface area contributed by atoms with Gasteiger partial charge in [-0.1, -0.05) is 6.42 Å². The molecular formula is C8H20N4OS. The Balaban J connectivity index is 0. The van der Waals surface area contributed by atoms with Crippen molar-refractivity contribution in [1.29, 1.82) is 5.41 Å². The summed E-state index contributed by atoms with van der Waals surface area (Å²) in [5.74, 6) is 0. The summed E-state index contributed by atoms with van der Waals surface area (Å²) in [6.45, 7) is 2.64. The Labute approximate surface area is 89.5 Å². The third kappa shape index (κ3) is 11.4. The minimum absolute atomic E-state index is 0. The van der Waals surface area contributed by atoms with E-state index in [4.69, 9.17) is 5.41 Å². The molecule has 0 aromatic carbocycles. The molecule has 5 nitrogen and oxygen atoms in total. The Morgan fingerprint density at radius 2 is 1.93 bits per heavy atom. The van der Waals surface area contributed by atoms with Crippen molar-refractivity contribution in [2.45, 2.75) is 19.3 Å². The Morgan fingerprint density at radius 3 is 2.07 bits per heavy atom. The maximum absolute atomic E-state index is 9.63. The van der Waals surface area contributed by atoms with Gasteiger partial charge in [0.05, 0.1) is 5.55 Å². The number of primary amides is 1. The lowest BCUT2D eigenvalue weighted by Gasteiger charge is -2.20. The van der Waals surface area contributed by atoms with Gasteiger partial charge in [0.2, 0.25) is 0 Å². The first-order valence-electron chi connectivity index (χ1n) is 4.30. The van der Waals surface area contributed by atoms with Crippen LogP contribution in [0.4, 0.5) is 4.79 Å². The zero-order valence-corrected chi connectivity index (χ0v) is 9.48. The Kier molecular flexibility index (Phi) is 11.9. The summed E-state index contributed by atoms with van der Waals surface area (Å²) in [6, 6.07) is 0. The predicted molar refractivity (Wildman–Crippen MR) is 62.3 cm³/mol. The van der Waals surface area contributed by atoms with Crippen molar-refractivity contribution in [3.8, 4) is 0 Å². The smallest absolute Gasteiger partial charge is 0.282 e. The average molecular weight is 220 g/mol. The molecule has 0 aliphatic carbocycles. The minimum Gasteiger partial charge on any atom is -0.360 e. The Morgan fingerprint density at radius 1 is 1.43 bits per heavy atom.